The number of hydrogen-bond donors (Lipinski definition) is 0. The quantitative estimate of drug-likeness (QED) is 0.503. The average Bonchev–Trinajstić information content (AvgIpc) is 2.53. The van der Waals surface area contributed by atoms with Crippen LogP contribution in [0.2, 0.25) is 0 Å². The number of halogens is 6. The molecular formula is C18H10BF6-. The van der Waals surface area contributed by atoms with E-state index in [0.717, 1.165) is 54.6 Å². The van der Waals surface area contributed by atoms with Crippen molar-refractivity contribution in [1.82, 2.24) is 0 Å². The third kappa shape index (κ3) is 3.02. The Kier molecular flexibility index (Phi) is 4.57. The summed E-state index contributed by atoms with van der Waals surface area (Å²) in [5.41, 5.74) is -2.26. The van der Waals surface area contributed by atoms with Gasteiger partial charge in [0.15, 0.2) is 0 Å². The molecule has 0 amide bonds. The van der Waals surface area contributed by atoms with Crippen LogP contribution in [-0.2, 0) is 0 Å². The van der Waals surface area contributed by atoms with Gasteiger partial charge in [0, 0.05) is 0 Å². The standard InChI is InChI=1S/C18H10BF6/c20-10-4-1-5-11(21)16(10)19(17-12(22)6-2-7-13(17)23)18-14(24)8-3-9-15(18)25/h1-9,19H/q-1. The van der Waals surface area contributed by atoms with E-state index in [9.17, 15) is 26.3 Å². The highest BCUT2D eigenvalue weighted by molar-refractivity contribution is 6.95. The summed E-state index contributed by atoms with van der Waals surface area (Å²) in [6.45, 7) is -3.06. The van der Waals surface area contributed by atoms with Crippen molar-refractivity contribution in [2.24, 2.45) is 0 Å². The molecule has 0 radical (unpaired) electrons. The molecule has 0 aliphatic heterocycles. The Labute approximate surface area is 139 Å². The van der Waals surface area contributed by atoms with Gasteiger partial charge in [-0.25, -0.2) is 26.3 Å². The summed E-state index contributed by atoms with van der Waals surface area (Å²) in [5, 5.41) is 0. The Hall–Kier alpha value is -2.70. The minimum atomic E-state index is -3.06. The van der Waals surface area contributed by atoms with E-state index in [2.05, 4.69) is 0 Å². The molecule has 7 heteroatoms. The molecule has 0 bridgehead atoms. The molecule has 25 heavy (non-hydrogen) atoms. The van der Waals surface area contributed by atoms with Crippen molar-refractivity contribution in [3.05, 3.63) is 89.5 Å². The second-order valence-corrected chi connectivity index (χ2v) is 5.63. The number of benzene rings is 3. The maximum Gasteiger partial charge on any atom is 0.0909 e. The van der Waals surface area contributed by atoms with Crippen LogP contribution in [0.25, 0.3) is 0 Å². The highest BCUT2D eigenvalue weighted by atomic mass is 19.2. The average molecular weight is 351 g/mol. The van der Waals surface area contributed by atoms with Gasteiger partial charge in [-0.05, 0) is 36.4 Å². The molecule has 3 rings (SSSR count). The van der Waals surface area contributed by atoms with Crippen molar-refractivity contribution >= 4 is 23.1 Å². The van der Waals surface area contributed by atoms with E-state index in [0.29, 0.717) is 0 Å². The summed E-state index contributed by atoms with van der Waals surface area (Å²) in [5.74, 6) is -6.80. The van der Waals surface area contributed by atoms with Crippen LogP contribution >= 0.6 is 0 Å². The van der Waals surface area contributed by atoms with Crippen molar-refractivity contribution in [3.63, 3.8) is 0 Å². The summed E-state index contributed by atoms with van der Waals surface area (Å²) < 4.78 is 85.7. The zero-order chi connectivity index (χ0) is 18.1. The summed E-state index contributed by atoms with van der Waals surface area (Å²) in [7, 11) is 0. The van der Waals surface area contributed by atoms with Gasteiger partial charge >= 0.3 is 0 Å². The Balaban J connectivity index is 2.42. The SMILES string of the molecule is Fc1cccc(F)c1[BH-](c1c(F)cccc1F)c1c(F)cccc1F. The smallest absolute Gasteiger partial charge is 0.0909 e. The highest BCUT2D eigenvalue weighted by Crippen LogP contribution is 2.10. The van der Waals surface area contributed by atoms with E-state index in [4.69, 9.17) is 0 Å². The van der Waals surface area contributed by atoms with Crippen LogP contribution in [-0.4, -0.2) is 6.71 Å². The maximum absolute atomic E-state index is 14.3. The van der Waals surface area contributed by atoms with Gasteiger partial charge in [0.05, 0.1) is 41.6 Å². The van der Waals surface area contributed by atoms with Crippen LogP contribution in [0.5, 0.6) is 0 Å². The van der Waals surface area contributed by atoms with E-state index in [1.165, 1.54) is 0 Å². The molecule has 0 saturated heterocycles. The molecule has 0 N–H and O–H groups in total. The molecule has 0 unspecified atom stereocenters. The van der Waals surface area contributed by atoms with Gasteiger partial charge in [-0.2, -0.15) is 0 Å². The fraction of sp³-hybridized carbons (Fsp3) is 0. The maximum atomic E-state index is 14.3. The summed E-state index contributed by atoms with van der Waals surface area (Å²) in [4.78, 5) is 0. The van der Waals surface area contributed by atoms with Gasteiger partial charge in [-0.15, -0.1) is 16.4 Å². The Bertz CT molecular complexity index is 758. The fourth-order valence-electron chi connectivity index (χ4n) is 3.14. The van der Waals surface area contributed by atoms with Crippen molar-refractivity contribution in [3.8, 4) is 0 Å². The molecule has 0 fully saturated rings. The van der Waals surface area contributed by atoms with Crippen LogP contribution in [0.4, 0.5) is 26.3 Å². The van der Waals surface area contributed by atoms with Crippen molar-refractivity contribution in [1.29, 1.82) is 0 Å². The monoisotopic (exact) mass is 351 g/mol. The van der Waals surface area contributed by atoms with Crippen molar-refractivity contribution in [2.75, 3.05) is 0 Å². The van der Waals surface area contributed by atoms with E-state index >= 15 is 0 Å². The summed E-state index contributed by atoms with van der Waals surface area (Å²) in [6.07, 6.45) is 0. The summed E-state index contributed by atoms with van der Waals surface area (Å²) >= 11 is 0. The zero-order valence-electron chi connectivity index (χ0n) is 12.7. The molecule has 0 nitrogen and oxygen atoms in total. The van der Waals surface area contributed by atoms with Gasteiger partial charge in [0.1, 0.15) is 0 Å². The first kappa shape index (κ1) is 17.1. The summed E-state index contributed by atoms with van der Waals surface area (Å²) in [6, 6.07) is 8.39. The molecule has 0 atom stereocenters. The van der Waals surface area contributed by atoms with Crippen LogP contribution in [0.1, 0.15) is 0 Å². The molecule has 0 aromatic heterocycles. The van der Waals surface area contributed by atoms with Crippen LogP contribution < -0.4 is 16.4 Å². The zero-order valence-corrected chi connectivity index (χ0v) is 12.7. The van der Waals surface area contributed by atoms with Gasteiger partial charge in [-0.3, -0.25) is 0 Å². The predicted molar refractivity (Wildman–Crippen MR) is 85.1 cm³/mol. The molecule has 0 aliphatic rings. The third-order valence-corrected chi connectivity index (χ3v) is 4.25. The second-order valence-electron chi connectivity index (χ2n) is 5.63. The van der Waals surface area contributed by atoms with E-state index < -0.39 is 58.0 Å². The first-order valence-corrected chi connectivity index (χ1v) is 7.43. The lowest BCUT2D eigenvalue weighted by molar-refractivity contribution is 0.588. The molecular weight excluding hydrogens is 341 g/mol. The molecule has 0 aliphatic carbocycles. The van der Waals surface area contributed by atoms with E-state index in [1.807, 2.05) is 0 Å². The predicted octanol–water partition coefficient (Wildman–Crippen LogP) is 2.77. The highest BCUT2D eigenvalue weighted by Gasteiger charge is 2.26. The van der Waals surface area contributed by atoms with E-state index in [-0.39, 0.29) is 0 Å². The van der Waals surface area contributed by atoms with E-state index in [1.54, 1.807) is 0 Å². The Morgan fingerprint density at radius 3 is 0.800 bits per heavy atom. The first-order valence-electron chi connectivity index (χ1n) is 7.43. The second kappa shape index (κ2) is 6.66. The molecule has 0 spiro atoms. The van der Waals surface area contributed by atoms with Gasteiger partial charge < -0.3 is 0 Å². The van der Waals surface area contributed by atoms with Crippen molar-refractivity contribution < 1.29 is 26.3 Å². The molecule has 3 aromatic rings. The minimum absolute atomic E-state index is 0.754. The largest absolute Gasteiger partial charge is 0.210 e. The lowest BCUT2D eigenvalue weighted by atomic mass is 9.36. The third-order valence-electron chi connectivity index (χ3n) is 4.25. The molecule has 3 aromatic carbocycles. The normalized spacial score (nSPS) is 11.2. The lowest BCUT2D eigenvalue weighted by Crippen LogP contribution is -2.58. The molecule has 0 heterocycles. The first-order chi connectivity index (χ1) is 11.9. The molecule has 0 saturated carbocycles. The lowest BCUT2D eigenvalue weighted by Gasteiger charge is -2.29. The van der Waals surface area contributed by atoms with Gasteiger partial charge in [0.2, 0.25) is 0 Å². The number of hydrogen-bond acceptors (Lipinski definition) is 0. The van der Waals surface area contributed by atoms with Crippen LogP contribution in [0, 0.1) is 34.9 Å². The topological polar surface area (TPSA) is 0 Å². The van der Waals surface area contributed by atoms with Crippen molar-refractivity contribution in [2.45, 2.75) is 0 Å². The van der Waals surface area contributed by atoms with Gasteiger partial charge in [-0.1, -0.05) is 18.2 Å². The van der Waals surface area contributed by atoms with Crippen LogP contribution in [0.15, 0.2) is 54.6 Å². The Morgan fingerprint density at radius 1 is 0.400 bits per heavy atom. The molecule has 128 valence electrons. The number of rotatable bonds is 3. The van der Waals surface area contributed by atoms with Crippen LogP contribution in [0.3, 0.4) is 0 Å². The minimum Gasteiger partial charge on any atom is -0.210 e. The Morgan fingerprint density at radius 2 is 0.600 bits per heavy atom. The van der Waals surface area contributed by atoms with Gasteiger partial charge in [0.25, 0.3) is 0 Å². The fourth-order valence-corrected chi connectivity index (χ4v) is 3.14.